The zero-order valence-corrected chi connectivity index (χ0v) is 10.7. The van der Waals surface area contributed by atoms with Crippen LogP contribution in [0.2, 0.25) is 0 Å². The first-order chi connectivity index (χ1) is 8.06. The van der Waals surface area contributed by atoms with Crippen LogP contribution in [0.3, 0.4) is 0 Å². The van der Waals surface area contributed by atoms with Gasteiger partial charge in [-0.2, -0.15) is 0 Å². The second-order valence-corrected chi connectivity index (χ2v) is 4.83. The van der Waals surface area contributed by atoms with Crippen LogP contribution in [0.1, 0.15) is 28.7 Å². The second-order valence-electron chi connectivity index (χ2n) is 4.83. The lowest BCUT2D eigenvalue weighted by atomic mass is 10.1. The summed E-state index contributed by atoms with van der Waals surface area (Å²) in [7, 11) is 0. The van der Waals surface area contributed by atoms with Crippen molar-refractivity contribution in [3.8, 4) is 0 Å². The molecule has 0 bridgehead atoms. The van der Waals surface area contributed by atoms with E-state index in [1.165, 1.54) is 0 Å². The quantitative estimate of drug-likeness (QED) is 0.810. The Hall–Kier alpha value is -1.13. The van der Waals surface area contributed by atoms with E-state index in [1.54, 1.807) is 0 Å². The maximum Gasteiger partial charge on any atom is 0.178 e. The molecule has 17 heavy (non-hydrogen) atoms. The van der Waals surface area contributed by atoms with E-state index < -0.39 is 0 Å². The lowest BCUT2D eigenvalue weighted by Crippen LogP contribution is -2.43. The number of ketones is 1. The smallest absolute Gasteiger partial charge is 0.178 e. The summed E-state index contributed by atoms with van der Waals surface area (Å²) in [5.41, 5.74) is 2.83. The number of morpholine rings is 1. The van der Waals surface area contributed by atoms with Gasteiger partial charge in [0.1, 0.15) is 0 Å². The Morgan fingerprint density at radius 3 is 2.94 bits per heavy atom. The number of aryl methyl sites for hydroxylation is 2. The number of hydrogen-bond donors (Lipinski definition) is 1. The molecule has 0 aliphatic carbocycles. The lowest BCUT2D eigenvalue weighted by Gasteiger charge is -2.30. The van der Waals surface area contributed by atoms with Crippen molar-refractivity contribution in [1.82, 2.24) is 9.88 Å². The molecule has 0 saturated carbocycles. The fourth-order valence-electron chi connectivity index (χ4n) is 2.34. The van der Waals surface area contributed by atoms with Gasteiger partial charge in [-0.1, -0.05) is 0 Å². The van der Waals surface area contributed by atoms with Gasteiger partial charge in [0, 0.05) is 30.0 Å². The monoisotopic (exact) mass is 236 g/mol. The summed E-state index contributed by atoms with van der Waals surface area (Å²) in [4.78, 5) is 17.5. The average Bonchev–Trinajstić information content (AvgIpc) is 2.58. The molecule has 4 nitrogen and oxygen atoms in total. The number of nitrogens with zero attached hydrogens (tertiary/aromatic N) is 1. The highest BCUT2D eigenvalue weighted by atomic mass is 16.5. The molecule has 1 aliphatic heterocycles. The maximum absolute atomic E-state index is 12.2. The second kappa shape index (κ2) is 5.02. The highest BCUT2D eigenvalue weighted by molar-refractivity contribution is 5.98. The van der Waals surface area contributed by atoms with Gasteiger partial charge < -0.3 is 9.72 Å². The van der Waals surface area contributed by atoms with Crippen LogP contribution in [0, 0.1) is 13.8 Å². The van der Waals surface area contributed by atoms with Gasteiger partial charge in [-0.05, 0) is 26.8 Å². The van der Waals surface area contributed by atoms with E-state index in [2.05, 4.69) is 9.88 Å². The van der Waals surface area contributed by atoms with E-state index in [4.69, 9.17) is 4.74 Å². The fourth-order valence-corrected chi connectivity index (χ4v) is 2.34. The Bertz CT molecular complexity index is 412. The van der Waals surface area contributed by atoms with Gasteiger partial charge in [-0.25, -0.2) is 0 Å². The number of aromatic amines is 1. The average molecular weight is 236 g/mol. The highest BCUT2D eigenvalue weighted by Crippen LogP contribution is 2.12. The third kappa shape index (κ3) is 2.96. The minimum absolute atomic E-state index is 0.195. The summed E-state index contributed by atoms with van der Waals surface area (Å²) in [6.45, 7) is 8.86. The van der Waals surface area contributed by atoms with Crippen molar-refractivity contribution in [1.29, 1.82) is 0 Å². The Morgan fingerprint density at radius 1 is 1.59 bits per heavy atom. The largest absolute Gasteiger partial charge is 0.376 e. The van der Waals surface area contributed by atoms with E-state index in [1.807, 2.05) is 26.8 Å². The number of ether oxygens (including phenoxy) is 1. The zero-order chi connectivity index (χ0) is 12.4. The number of H-pyrrole nitrogens is 1. The first-order valence-corrected chi connectivity index (χ1v) is 6.09. The Kier molecular flexibility index (Phi) is 3.64. The number of aromatic nitrogens is 1. The molecule has 1 fully saturated rings. The van der Waals surface area contributed by atoms with Gasteiger partial charge in [0.15, 0.2) is 5.78 Å². The van der Waals surface area contributed by atoms with E-state index in [0.717, 1.165) is 36.6 Å². The third-order valence-electron chi connectivity index (χ3n) is 3.14. The molecule has 94 valence electrons. The minimum atomic E-state index is 0.195. The maximum atomic E-state index is 12.2. The molecule has 1 aromatic heterocycles. The van der Waals surface area contributed by atoms with Gasteiger partial charge >= 0.3 is 0 Å². The molecule has 1 aromatic rings. The number of carbonyl (C=O) groups is 1. The number of Topliss-reactive ketones (excluding diaryl/α,β-unsaturated/α-hetero) is 1. The molecule has 1 atom stereocenters. The summed E-state index contributed by atoms with van der Waals surface area (Å²) in [5, 5.41) is 0. The van der Waals surface area contributed by atoms with Crippen LogP contribution in [0.25, 0.3) is 0 Å². The SMILES string of the molecule is Cc1cc(C(=O)CN2CCOC(C)C2)c(C)[nH]1. The van der Waals surface area contributed by atoms with Crippen molar-refractivity contribution < 1.29 is 9.53 Å². The lowest BCUT2D eigenvalue weighted by molar-refractivity contribution is -0.0158. The molecular formula is C13H20N2O2. The van der Waals surface area contributed by atoms with Crippen molar-refractivity contribution in [3.63, 3.8) is 0 Å². The Morgan fingerprint density at radius 2 is 2.35 bits per heavy atom. The fraction of sp³-hybridized carbons (Fsp3) is 0.615. The third-order valence-corrected chi connectivity index (χ3v) is 3.14. The molecule has 0 radical (unpaired) electrons. The van der Waals surface area contributed by atoms with E-state index in [-0.39, 0.29) is 11.9 Å². The molecular weight excluding hydrogens is 216 g/mol. The summed E-state index contributed by atoms with van der Waals surface area (Å²) in [6, 6.07) is 1.93. The molecule has 1 aliphatic rings. The number of hydrogen-bond acceptors (Lipinski definition) is 3. The zero-order valence-electron chi connectivity index (χ0n) is 10.7. The predicted molar refractivity (Wildman–Crippen MR) is 66.5 cm³/mol. The topological polar surface area (TPSA) is 45.3 Å². The van der Waals surface area contributed by atoms with Crippen molar-refractivity contribution in [2.45, 2.75) is 26.9 Å². The first kappa shape index (κ1) is 12.3. The van der Waals surface area contributed by atoms with Gasteiger partial charge in [0.05, 0.1) is 19.3 Å². The normalized spacial score (nSPS) is 21.7. The standard InChI is InChI=1S/C13H20N2O2/c1-9-6-12(11(3)14-9)13(16)8-15-4-5-17-10(2)7-15/h6,10,14H,4-5,7-8H2,1-3H3. The molecule has 2 rings (SSSR count). The molecule has 1 saturated heterocycles. The molecule has 2 heterocycles. The van der Waals surface area contributed by atoms with Crippen molar-refractivity contribution in [2.24, 2.45) is 0 Å². The van der Waals surface area contributed by atoms with Crippen LogP contribution in [-0.4, -0.2) is 48.0 Å². The molecule has 1 unspecified atom stereocenters. The number of rotatable bonds is 3. The molecule has 1 N–H and O–H groups in total. The summed E-state index contributed by atoms with van der Waals surface area (Å²) in [5.74, 6) is 0.195. The first-order valence-electron chi connectivity index (χ1n) is 6.09. The van der Waals surface area contributed by atoms with Crippen molar-refractivity contribution in [3.05, 3.63) is 23.0 Å². The van der Waals surface area contributed by atoms with Crippen molar-refractivity contribution >= 4 is 5.78 Å². The Balaban J connectivity index is 1.99. The number of carbonyl (C=O) groups excluding carboxylic acids is 1. The van der Waals surface area contributed by atoms with Crippen molar-refractivity contribution in [2.75, 3.05) is 26.2 Å². The van der Waals surface area contributed by atoms with Gasteiger partial charge in [0.25, 0.3) is 0 Å². The predicted octanol–water partition coefficient (Wildman–Crippen LogP) is 1.53. The molecule has 0 spiro atoms. The van der Waals surface area contributed by atoms with Gasteiger partial charge in [-0.15, -0.1) is 0 Å². The summed E-state index contributed by atoms with van der Waals surface area (Å²) in [6.07, 6.45) is 0.227. The van der Waals surface area contributed by atoms with Crippen LogP contribution in [0.5, 0.6) is 0 Å². The van der Waals surface area contributed by atoms with Crippen LogP contribution in [0.15, 0.2) is 6.07 Å². The van der Waals surface area contributed by atoms with E-state index in [9.17, 15) is 4.79 Å². The van der Waals surface area contributed by atoms with Crippen LogP contribution in [0.4, 0.5) is 0 Å². The Labute approximate surface area is 102 Å². The minimum Gasteiger partial charge on any atom is -0.376 e. The van der Waals surface area contributed by atoms with E-state index in [0.29, 0.717) is 6.54 Å². The summed E-state index contributed by atoms with van der Waals surface area (Å²) >= 11 is 0. The van der Waals surface area contributed by atoms with Gasteiger partial charge in [-0.3, -0.25) is 9.69 Å². The number of nitrogens with one attached hydrogen (secondary N) is 1. The van der Waals surface area contributed by atoms with Crippen LogP contribution in [-0.2, 0) is 4.74 Å². The molecule has 4 heteroatoms. The van der Waals surface area contributed by atoms with Gasteiger partial charge in [0.2, 0.25) is 0 Å². The van der Waals surface area contributed by atoms with Crippen LogP contribution < -0.4 is 0 Å². The highest BCUT2D eigenvalue weighted by Gasteiger charge is 2.20. The van der Waals surface area contributed by atoms with E-state index >= 15 is 0 Å². The van der Waals surface area contributed by atoms with Crippen LogP contribution >= 0.6 is 0 Å². The molecule has 0 aromatic carbocycles. The molecule has 0 amide bonds. The summed E-state index contributed by atoms with van der Waals surface area (Å²) < 4.78 is 5.46.